The molecule has 2 aliphatic rings. The van der Waals surface area contributed by atoms with Crippen molar-refractivity contribution >= 4 is 5.69 Å². The maximum absolute atomic E-state index is 4.55. The standard InChI is InChI=1S/C11H12N/c1-3-8-4-2-6-10-11(8)9(5-1)7-12-10/h2,4,6,9H,1,3,5,7H2. The molecule has 1 nitrogen and oxygen atoms in total. The molecule has 61 valence electrons. The summed E-state index contributed by atoms with van der Waals surface area (Å²) in [6.07, 6.45) is 3.99. The van der Waals surface area contributed by atoms with Crippen molar-refractivity contribution in [3.05, 3.63) is 29.3 Å². The molecule has 1 atom stereocenters. The fourth-order valence-corrected chi connectivity index (χ4v) is 2.50. The van der Waals surface area contributed by atoms with Gasteiger partial charge in [-0.1, -0.05) is 12.1 Å². The molecule has 1 unspecified atom stereocenters. The summed E-state index contributed by atoms with van der Waals surface area (Å²) < 4.78 is 0. The molecule has 0 saturated carbocycles. The molecule has 1 aliphatic carbocycles. The third-order valence-corrected chi connectivity index (χ3v) is 3.06. The number of rotatable bonds is 0. The zero-order valence-electron chi connectivity index (χ0n) is 7.09. The highest BCUT2D eigenvalue weighted by molar-refractivity contribution is 5.56. The maximum Gasteiger partial charge on any atom is 0.0612 e. The predicted octanol–water partition coefficient (Wildman–Crippen LogP) is 2.36. The molecule has 1 heterocycles. The lowest BCUT2D eigenvalue weighted by Gasteiger charge is -2.19. The van der Waals surface area contributed by atoms with Gasteiger partial charge in [0.05, 0.1) is 5.69 Å². The first-order chi connectivity index (χ1) is 5.95. The van der Waals surface area contributed by atoms with Crippen molar-refractivity contribution in [1.82, 2.24) is 5.32 Å². The number of benzene rings is 1. The van der Waals surface area contributed by atoms with E-state index in [1.54, 1.807) is 11.1 Å². The van der Waals surface area contributed by atoms with Gasteiger partial charge in [0.1, 0.15) is 0 Å². The molecule has 12 heavy (non-hydrogen) atoms. The van der Waals surface area contributed by atoms with Gasteiger partial charge in [-0.3, -0.25) is 5.32 Å². The van der Waals surface area contributed by atoms with Gasteiger partial charge < -0.3 is 0 Å². The first-order valence-electron chi connectivity index (χ1n) is 4.74. The number of aryl methyl sites for hydroxylation is 1. The molecular weight excluding hydrogens is 146 g/mol. The van der Waals surface area contributed by atoms with Gasteiger partial charge in [0.15, 0.2) is 0 Å². The summed E-state index contributed by atoms with van der Waals surface area (Å²) in [4.78, 5) is 0. The van der Waals surface area contributed by atoms with Crippen molar-refractivity contribution in [2.45, 2.75) is 25.2 Å². The molecule has 1 radical (unpaired) electrons. The van der Waals surface area contributed by atoms with Gasteiger partial charge in [-0.05, 0) is 36.5 Å². The van der Waals surface area contributed by atoms with Crippen LogP contribution < -0.4 is 5.32 Å². The monoisotopic (exact) mass is 158 g/mol. The lowest BCUT2D eigenvalue weighted by atomic mass is 9.84. The highest BCUT2D eigenvalue weighted by Gasteiger charge is 2.28. The molecule has 0 amide bonds. The Morgan fingerprint density at radius 1 is 1.33 bits per heavy atom. The molecular formula is C11H12N. The Bertz CT molecular complexity index is 317. The second kappa shape index (κ2) is 2.25. The first kappa shape index (κ1) is 6.53. The SMILES string of the molecule is c1cc2c3c(c1)[N]CC3CCC2. The van der Waals surface area contributed by atoms with E-state index < -0.39 is 0 Å². The number of nitrogens with zero attached hydrogens (tertiary/aromatic N) is 1. The van der Waals surface area contributed by atoms with E-state index >= 15 is 0 Å². The van der Waals surface area contributed by atoms with Gasteiger partial charge in [-0.25, -0.2) is 0 Å². The fourth-order valence-electron chi connectivity index (χ4n) is 2.50. The van der Waals surface area contributed by atoms with Crippen LogP contribution in [-0.2, 0) is 6.42 Å². The van der Waals surface area contributed by atoms with E-state index in [1.165, 1.54) is 24.9 Å². The van der Waals surface area contributed by atoms with Gasteiger partial charge in [0, 0.05) is 12.5 Å². The van der Waals surface area contributed by atoms with Crippen molar-refractivity contribution in [3.8, 4) is 0 Å². The summed E-state index contributed by atoms with van der Waals surface area (Å²) in [5.41, 5.74) is 4.41. The molecule has 1 aromatic rings. The lowest BCUT2D eigenvalue weighted by Crippen LogP contribution is -2.08. The van der Waals surface area contributed by atoms with E-state index in [1.807, 2.05) is 0 Å². The highest BCUT2D eigenvalue weighted by atomic mass is 14.9. The van der Waals surface area contributed by atoms with E-state index in [2.05, 4.69) is 23.5 Å². The topological polar surface area (TPSA) is 14.1 Å². The maximum atomic E-state index is 4.55. The lowest BCUT2D eigenvalue weighted by molar-refractivity contribution is 0.571. The van der Waals surface area contributed by atoms with Crippen LogP contribution in [0.1, 0.15) is 29.9 Å². The van der Waals surface area contributed by atoms with Crippen molar-refractivity contribution in [2.75, 3.05) is 6.54 Å². The largest absolute Gasteiger partial charge is 0.284 e. The van der Waals surface area contributed by atoms with Crippen molar-refractivity contribution in [3.63, 3.8) is 0 Å². The van der Waals surface area contributed by atoms with Crippen LogP contribution in [0.4, 0.5) is 5.69 Å². The van der Waals surface area contributed by atoms with E-state index in [0.29, 0.717) is 0 Å². The quantitative estimate of drug-likeness (QED) is 0.550. The molecule has 0 aromatic heterocycles. The molecule has 1 aromatic carbocycles. The minimum Gasteiger partial charge on any atom is -0.284 e. The zero-order valence-corrected chi connectivity index (χ0v) is 7.09. The Morgan fingerprint density at radius 2 is 2.33 bits per heavy atom. The molecule has 0 spiro atoms. The van der Waals surface area contributed by atoms with Crippen LogP contribution >= 0.6 is 0 Å². The summed E-state index contributed by atoms with van der Waals surface area (Å²) in [5.74, 6) is 0.768. The van der Waals surface area contributed by atoms with Crippen LogP contribution in [0.2, 0.25) is 0 Å². The van der Waals surface area contributed by atoms with E-state index in [4.69, 9.17) is 0 Å². The fraction of sp³-hybridized carbons (Fsp3) is 0.455. The molecule has 0 saturated heterocycles. The van der Waals surface area contributed by atoms with Gasteiger partial charge >= 0.3 is 0 Å². The van der Waals surface area contributed by atoms with Gasteiger partial charge in [0.25, 0.3) is 0 Å². The summed E-state index contributed by atoms with van der Waals surface area (Å²) in [5, 5.41) is 4.55. The molecule has 1 aliphatic heterocycles. The van der Waals surface area contributed by atoms with E-state index in [0.717, 1.165) is 12.5 Å². The Labute approximate surface area is 72.8 Å². The predicted molar refractivity (Wildman–Crippen MR) is 48.8 cm³/mol. The van der Waals surface area contributed by atoms with Gasteiger partial charge in [0.2, 0.25) is 0 Å². The third kappa shape index (κ3) is 0.739. The van der Waals surface area contributed by atoms with Crippen molar-refractivity contribution in [2.24, 2.45) is 0 Å². The van der Waals surface area contributed by atoms with Crippen LogP contribution in [0.25, 0.3) is 0 Å². The number of hydrogen-bond acceptors (Lipinski definition) is 0. The first-order valence-corrected chi connectivity index (χ1v) is 4.74. The normalized spacial score (nSPS) is 24.8. The Morgan fingerprint density at radius 3 is 3.33 bits per heavy atom. The highest BCUT2D eigenvalue weighted by Crippen LogP contribution is 2.40. The average molecular weight is 158 g/mol. The van der Waals surface area contributed by atoms with Crippen LogP contribution in [0.5, 0.6) is 0 Å². The van der Waals surface area contributed by atoms with Crippen LogP contribution in [0.3, 0.4) is 0 Å². The smallest absolute Gasteiger partial charge is 0.0612 e. The van der Waals surface area contributed by atoms with Crippen LogP contribution in [-0.4, -0.2) is 6.54 Å². The van der Waals surface area contributed by atoms with Gasteiger partial charge in [-0.2, -0.15) is 0 Å². The van der Waals surface area contributed by atoms with Crippen LogP contribution in [0, 0.1) is 0 Å². The Balaban J connectivity index is 2.23. The van der Waals surface area contributed by atoms with E-state index in [-0.39, 0.29) is 0 Å². The Hall–Kier alpha value is -0.980. The summed E-state index contributed by atoms with van der Waals surface area (Å²) >= 11 is 0. The minimum atomic E-state index is 0.768. The van der Waals surface area contributed by atoms with Crippen molar-refractivity contribution < 1.29 is 0 Å². The summed E-state index contributed by atoms with van der Waals surface area (Å²) in [6, 6.07) is 6.57. The van der Waals surface area contributed by atoms with Crippen LogP contribution in [0.15, 0.2) is 18.2 Å². The Kier molecular flexibility index (Phi) is 1.23. The summed E-state index contributed by atoms with van der Waals surface area (Å²) in [6.45, 7) is 1.05. The molecule has 0 fully saturated rings. The molecule has 1 heteroatoms. The number of hydrogen-bond donors (Lipinski definition) is 0. The van der Waals surface area contributed by atoms with E-state index in [9.17, 15) is 0 Å². The second-order valence-corrected chi connectivity index (χ2v) is 3.78. The average Bonchev–Trinajstić information content (AvgIpc) is 2.52. The second-order valence-electron chi connectivity index (χ2n) is 3.78. The van der Waals surface area contributed by atoms with Crippen molar-refractivity contribution in [1.29, 1.82) is 0 Å². The molecule has 3 rings (SSSR count). The molecule has 0 N–H and O–H groups in total. The van der Waals surface area contributed by atoms with Gasteiger partial charge in [-0.15, -0.1) is 0 Å². The summed E-state index contributed by atoms with van der Waals surface area (Å²) in [7, 11) is 0. The minimum absolute atomic E-state index is 0.768. The molecule has 0 bridgehead atoms. The third-order valence-electron chi connectivity index (χ3n) is 3.06. The zero-order chi connectivity index (χ0) is 7.97.